The van der Waals surface area contributed by atoms with Crippen LogP contribution in [0.2, 0.25) is 0 Å². The quantitative estimate of drug-likeness (QED) is 0.791. The van der Waals surface area contributed by atoms with Crippen LogP contribution in [0.3, 0.4) is 0 Å². The monoisotopic (exact) mass is 309 g/mol. The number of amides is 1. The maximum Gasteiger partial charge on any atom is 0.220 e. The molecule has 2 rings (SSSR count). The Kier molecular flexibility index (Phi) is 6.42. The minimum atomic E-state index is 0.0406. The third kappa shape index (κ3) is 5.12. The number of morpholine rings is 1. The van der Waals surface area contributed by atoms with Crippen LogP contribution in [-0.4, -0.2) is 49.7 Å². The Labute approximate surface area is 132 Å². The fourth-order valence-electron chi connectivity index (χ4n) is 2.59. The van der Waals surface area contributed by atoms with Gasteiger partial charge in [0.1, 0.15) is 11.5 Å². The van der Waals surface area contributed by atoms with Crippen LogP contribution in [0.15, 0.2) is 16.5 Å². The fraction of sp³-hybridized carbons (Fsp3) is 0.688. The molecule has 0 saturated carbocycles. The van der Waals surface area contributed by atoms with Gasteiger partial charge in [-0.1, -0.05) is 0 Å². The van der Waals surface area contributed by atoms with Gasteiger partial charge in [-0.05, 0) is 32.4 Å². The number of nitrogens with one attached hydrogen (secondary N) is 1. The predicted octanol–water partition coefficient (Wildman–Crippen LogP) is 1.20. The van der Waals surface area contributed by atoms with Crippen molar-refractivity contribution >= 4 is 5.91 Å². The first-order chi connectivity index (χ1) is 10.6. The van der Waals surface area contributed by atoms with Crippen LogP contribution in [-0.2, 0) is 9.53 Å². The number of carbonyl (C=O) groups is 1. The van der Waals surface area contributed by atoms with E-state index in [1.54, 1.807) is 0 Å². The maximum atomic E-state index is 11.9. The summed E-state index contributed by atoms with van der Waals surface area (Å²) in [6.45, 7) is 7.52. The molecular weight excluding hydrogens is 282 g/mol. The molecule has 0 spiro atoms. The van der Waals surface area contributed by atoms with Crippen molar-refractivity contribution in [3.05, 3.63) is 23.7 Å². The van der Waals surface area contributed by atoms with Crippen molar-refractivity contribution in [2.24, 2.45) is 5.73 Å². The molecule has 1 aromatic rings. The number of hydrogen-bond donors (Lipinski definition) is 2. The molecule has 1 aliphatic rings. The van der Waals surface area contributed by atoms with Crippen LogP contribution in [0.25, 0.3) is 0 Å². The van der Waals surface area contributed by atoms with Gasteiger partial charge in [-0.2, -0.15) is 0 Å². The molecule has 2 atom stereocenters. The first kappa shape index (κ1) is 17.0. The minimum Gasteiger partial charge on any atom is -0.465 e. The first-order valence-corrected chi connectivity index (χ1v) is 7.96. The summed E-state index contributed by atoms with van der Waals surface area (Å²) in [7, 11) is 0. The van der Waals surface area contributed by atoms with Crippen molar-refractivity contribution in [1.29, 1.82) is 0 Å². The number of furan rings is 1. The Balaban J connectivity index is 1.94. The highest BCUT2D eigenvalue weighted by atomic mass is 16.5. The van der Waals surface area contributed by atoms with Gasteiger partial charge in [0.2, 0.25) is 5.91 Å². The lowest BCUT2D eigenvalue weighted by atomic mass is 10.1. The molecule has 1 amide bonds. The number of ether oxygens (including phenoxy) is 1. The zero-order valence-electron chi connectivity index (χ0n) is 13.5. The molecular formula is C16H27N3O3. The lowest BCUT2D eigenvalue weighted by Crippen LogP contribution is -2.43. The molecule has 1 saturated heterocycles. The lowest BCUT2D eigenvalue weighted by molar-refractivity contribution is -0.121. The molecule has 6 heteroatoms. The summed E-state index contributed by atoms with van der Waals surface area (Å²) in [5.41, 5.74) is 5.69. The highest BCUT2D eigenvalue weighted by Crippen LogP contribution is 2.23. The Hall–Kier alpha value is -1.37. The Morgan fingerprint density at radius 3 is 2.73 bits per heavy atom. The molecule has 3 N–H and O–H groups in total. The number of carbonyl (C=O) groups excluding carboxylic acids is 1. The van der Waals surface area contributed by atoms with Crippen molar-refractivity contribution in [2.45, 2.75) is 38.8 Å². The molecule has 1 fully saturated rings. The van der Waals surface area contributed by atoms with Gasteiger partial charge in [0.15, 0.2) is 0 Å². The average Bonchev–Trinajstić information content (AvgIpc) is 2.93. The summed E-state index contributed by atoms with van der Waals surface area (Å²) in [6, 6.07) is 4.05. The molecule has 0 aromatic carbocycles. The molecule has 124 valence electrons. The van der Waals surface area contributed by atoms with E-state index in [9.17, 15) is 4.79 Å². The van der Waals surface area contributed by atoms with Crippen LogP contribution in [0.5, 0.6) is 0 Å². The van der Waals surface area contributed by atoms with Crippen molar-refractivity contribution in [2.75, 3.05) is 32.8 Å². The van der Waals surface area contributed by atoms with E-state index >= 15 is 0 Å². The van der Waals surface area contributed by atoms with Crippen molar-refractivity contribution in [3.63, 3.8) is 0 Å². The van der Waals surface area contributed by atoms with Gasteiger partial charge in [0.25, 0.3) is 0 Å². The Morgan fingerprint density at radius 2 is 2.14 bits per heavy atom. The Morgan fingerprint density at radius 1 is 1.41 bits per heavy atom. The topological polar surface area (TPSA) is 80.7 Å². The molecule has 1 aromatic heterocycles. The van der Waals surface area contributed by atoms with E-state index in [1.807, 2.05) is 26.0 Å². The lowest BCUT2D eigenvalue weighted by Gasteiger charge is -2.33. The van der Waals surface area contributed by atoms with Crippen LogP contribution in [0.1, 0.15) is 37.3 Å². The maximum absolute atomic E-state index is 11.9. The van der Waals surface area contributed by atoms with Crippen LogP contribution in [0.4, 0.5) is 0 Å². The number of nitrogens with two attached hydrogens (primary N) is 1. The van der Waals surface area contributed by atoms with Gasteiger partial charge in [-0.3, -0.25) is 9.69 Å². The minimum absolute atomic E-state index is 0.0406. The van der Waals surface area contributed by atoms with E-state index in [-0.39, 0.29) is 18.0 Å². The summed E-state index contributed by atoms with van der Waals surface area (Å²) >= 11 is 0. The average molecular weight is 309 g/mol. The molecule has 2 heterocycles. The Bertz CT molecular complexity index is 467. The highest BCUT2D eigenvalue weighted by molar-refractivity contribution is 5.75. The summed E-state index contributed by atoms with van der Waals surface area (Å²) in [5.74, 6) is 1.82. The molecule has 0 bridgehead atoms. The smallest absolute Gasteiger partial charge is 0.220 e. The second kappa shape index (κ2) is 8.31. The molecule has 1 aliphatic heterocycles. The predicted molar refractivity (Wildman–Crippen MR) is 84.5 cm³/mol. The summed E-state index contributed by atoms with van der Waals surface area (Å²) in [4.78, 5) is 14.2. The summed E-state index contributed by atoms with van der Waals surface area (Å²) in [5, 5.41) is 3.01. The van der Waals surface area contributed by atoms with Crippen molar-refractivity contribution in [3.8, 4) is 0 Å². The zero-order valence-corrected chi connectivity index (χ0v) is 13.5. The second-order valence-electron chi connectivity index (χ2n) is 5.93. The van der Waals surface area contributed by atoms with E-state index < -0.39 is 0 Å². The van der Waals surface area contributed by atoms with Crippen LogP contribution in [0, 0.1) is 6.92 Å². The van der Waals surface area contributed by atoms with Gasteiger partial charge < -0.3 is 20.2 Å². The van der Waals surface area contributed by atoms with E-state index in [2.05, 4.69) is 10.2 Å². The largest absolute Gasteiger partial charge is 0.465 e. The normalized spacial score (nSPS) is 18.9. The highest BCUT2D eigenvalue weighted by Gasteiger charge is 2.25. The van der Waals surface area contributed by atoms with E-state index in [1.165, 1.54) is 0 Å². The zero-order chi connectivity index (χ0) is 15.9. The van der Waals surface area contributed by atoms with Gasteiger partial charge in [0.05, 0.1) is 19.3 Å². The van der Waals surface area contributed by atoms with Gasteiger partial charge in [-0.25, -0.2) is 0 Å². The molecule has 0 radical (unpaired) electrons. The number of hydrogen-bond acceptors (Lipinski definition) is 5. The standard InChI is InChI=1S/C16H27N3O3/c1-12(17)3-6-16(20)18-11-14(15-5-4-13(2)22-15)19-7-9-21-10-8-19/h4-5,12,14H,3,6-11,17H2,1-2H3,(H,18,20). The molecule has 0 aliphatic carbocycles. The van der Waals surface area contributed by atoms with Gasteiger partial charge in [-0.15, -0.1) is 0 Å². The number of aryl methyl sites for hydroxylation is 1. The van der Waals surface area contributed by atoms with Gasteiger partial charge >= 0.3 is 0 Å². The molecule has 6 nitrogen and oxygen atoms in total. The van der Waals surface area contributed by atoms with Crippen LogP contribution >= 0.6 is 0 Å². The molecule has 22 heavy (non-hydrogen) atoms. The fourth-order valence-corrected chi connectivity index (χ4v) is 2.59. The summed E-state index contributed by atoms with van der Waals surface area (Å²) in [6.07, 6.45) is 1.17. The third-order valence-electron chi connectivity index (χ3n) is 3.90. The van der Waals surface area contributed by atoms with Gasteiger partial charge in [0, 0.05) is 32.1 Å². The molecule has 2 unspecified atom stereocenters. The first-order valence-electron chi connectivity index (χ1n) is 7.96. The van der Waals surface area contributed by atoms with E-state index in [0.29, 0.717) is 19.4 Å². The second-order valence-corrected chi connectivity index (χ2v) is 5.93. The van der Waals surface area contributed by atoms with E-state index in [4.69, 9.17) is 14.9 Å². The van der Waals surface area contributed by atoms with Crippen molar-refractivity contribution < 1.29 is 13.9 Å². The number of rotatable bonds is 7. The SMILES string of the molecule is Cc1ccc(C(CNC(=O)CCC(C)N)N2CCOCC2)o1. The third-order valence-corrected chi connectivity index (χ3v) is 3.90. The number of nitrogens with zero attached hydrogens (tertiary/aromatic N) is 1. The van der Waals surface area contributed by atoms with Crippen molar-refractivity contribution in [1.82, 2.24) is 10.2 Å². The van der Waals surface area contributed by atoms with E-state index in [0.717, 1.165) is 37.8 Å². The summed E-state index contributed by atoms with van der Waals surface area (Å²) < 4.78 is 11.2. The van der Waals surface area contributed by atoms with Crippen LogP contribution < -0.4 is 11.1 Å².